The Morgan fingerprint density at radius 2 is 1.42 bits per heavy atom. The lowest BCUT2D eigenvalue weighted by atomic mass is 10.0. The van der Waals surface area contributed by atoms with Crippen molar-refractivity contribution < 1.29 is 4.52 Å². The zero-order valence-electron chi connectivity index (χ0n) is 13.9. The number of nitrogens with one attached hydrogen (secondary N) is 1. The zero-order valence-corrected chi connectivity index (χ0v) is 15.4. The number of hydrogen-bond acceptors (Lipinski definition) is 3. The molecule has 0 amide bonds. The summed E-state index contributed by atoms with van der Waals surface area (Å²) in [5.41, 5.74) is 12.2. The number of aromatic nitrogens is 2. The fourth-order valence-corrected chi connectivity index (χ4v) is 3.18. The molecular formula is C20H15Cl2N3O. The second-order valence-electron chi connectivity index (χ2n) is 6.01. The van der Waals surface area contributed by atoms with Crippen LogP contribution in [0.25, 0.3) is 33.8 Å². The maximum Gasteiger partial charge on any atom is 0.171 e. The van der Waals surface area contributed by atoms with Gasteiger partial charge in [0.05, 0.1) is 28.3 Å². The van der Waals surface area contributed by atoms with E-state index in [9.17, 15) is 0 Å². The van der Waals surface area contributed by atoms with Gasteiger partial charge in [-0.05, 0) is 36.8 Å². The van der Waals surface area contributed by atoms with Crippen molar-refractivity contribution >= 4 is 28.9 Å². The van der Waals surface area contributed by atoms with Gasteiger partial charge in [-0.2, -0.15) is 0 Å². The minimum atomic E-state index is 0.591. The van der Waals surface area contributed by atoms with Gasteiger partial charge in [-0.15, -0.1) is 0 Å². The second kappa shape index (κ2) is 6.56. The highest BCUT2D eigenvalue weighted by molar-refractivity contribution is 6.31. The topological polar surface area (TPSA) is 67.8 Å². The highest BCUT2D eigenvalue weighted by atomic mass is 35.5. The minimum absolute atomic E-state index is 0.591. The molecule has 0 saturated carbocycles. The van der Waals surface area contributed by atoms with E-state index >= 15 is 0 Å². The van der Waals surface area contributed by atoms with Crippen LogP contribution in [-0.2, 0) is 0 Å². The van der Waals surface area contributed by atoms with Gasteiger partial charge in [-0.1, -0.05) is 52.6 Å². The summed E-state index contributed by atoms with van der Waals surface area (Å²) in [5.74, 6) is 0.612. The van der Waals surface area contributed by atoms with E-state index < -0.39 is 0 Å². The van der Waals surface area contributed by atoms with E-state index in [0.29, 0.717) is 21.5 Å². The van der Waals surface area contributed by atoms with Gasteiger partial charge in [0.15, 0.2) is 5.76 Å². The lowest BCUT2D eigenvalue weighted by Gasteiger charge is -2.02. The number of nitrogen functional groups attached to an aromatic ring is 1. The van der Waals surface area contributed by atoms with Crippen molar-refractivity contribution in [1.29, 1.82) is 0 Å². The Hall–Kier alpha value is -2.69. The van der Waals surface area contributed by atoms with E-state index in [1.807, 2.05) is 61.5 Å². The van der Waals surface area contributed by atoms with Gasteiger partial charge in [0, 0.05) is 21.7 Å². The zero-order chi connectivity index (χ0) is 18.3. The number of hydrogen-bond donors (Lipinski definition) is 2. The molecule has 4 rings (SSSR count). The third kappa shape index (κ3) is 2.98. The quantitative estimate of drug-likeness (QED) is 0.442. The van der Waals surface area contributed by atoms with Crippen molar-refractivity contribution in [3.05, 3.63) is 70.3 Å². The molecule has 2 heterocycles. The first-order valence-electron chi connectivity index (χ1n) is 8.00. The predicted molar refractivity (Wildman–Crippen MR) is 106 cm³/mol. The maximum absolute atomic E-state index is 6.50. The molecule has 0 spiro atoms. The van der Waals surface area contributed by atoms with Crippen molar-refractivity contribution in [3.8, 4) is 33.8 Å². The largest absolute Gasteiger partial charge is 0.396 e. The molecule has 0 atom stereocenters. The fraction of sp³-hybridized carbons (Fsp3) is 0.0500. The van der Waals surface area contributed by atoms with Gasteiger partial charge in [0.1, 0.15) is 0 Å². The number of nitrogens with zero attached hydrogens (tertiary/aromatic N) is 1. The first-order valence-corrected chi connectivity index (χ1v) is 8.75. The van der Waals surface area contributed by atoms with E-state index in [1.165, 1.54) is 0 Å². The summed E-state index contributed by atoms with van der Waals surface area (Å²) in [4.78, 5) is 3.43. The van der Waals surface area contributed by atoms with Crippen molar-refractivity contribution in [3.63, 3.8) is 0 Å². The molecule has 6 heteroatoms. The molecule has 4 aromatic rings. The summed E-state index contributed by atoms with van der Waals surface area (Å²) >= 11 is 12.0. The molecule has 4 nitrogen and oxygen atoms in total. The van der Waals surface area contributed by atoms with Crippen LogP contribution in [0.1, 0.15) is 5.69 Å². The van der Waals surface area contributed by atoms with Crippen LogP contribution in [0.4, 0.5) is 5.69 Å². The van der Waals surface area contributed by atoms with Gasteiger partial charge in [0.25, 0.3) is 0 Å². The number of benzene rings is 2. The van der Waals surface area contributed by atoms with Crippen LogP contribution in [0.5, 0.6) is 0 Å². The Balaban J connectivity index is 1.95. The van der Waals surface area contributed by atoms with Crippen molar-refractivity contribution in [1.82, 2.24) is 10.1 Å². The summed E-state index contributed by atoms with van der Waals surface area (Å²) in [6.07, 6.45) is 0. The van der Waals surface area contributed by atoms with Gasteiger partial charge in [0.2, 0.25) is 0 Å². The third-order valence-corrected chi connectivity index (χ3v) is 4.68. The molecule has 0 aliphatic rings. The average Bonchev–Trinajstić information content (AvgIpc) is 3.20. The van der Waals surface area contributed by atoms with E-state index in [1.54, 1.807) is 0 Å². The van der Waals surface area contributed by atoms with Crippen LogP contribution in [-0.4, -0.2) is 10.1 Å². The van der Waals surface area contributed by atoms with Crippen LogP contribution in [0.15, 0.2) is 59.1 Å². The second-order valence-corrected chi connectivity index (χ2v) is 6.88. The van der Waals surface area contributed by atoms with Crippen LogP contribution >= 0.6 is 23.2 Å². The molecule has 2 aromatic heterocycles. The highest BCUT2D eigenvalue weighted by Gasteiger charge is 2.22. The Kier molecular flexibility index (Phi) is 4.23. The number of H-pyrrole nitrogens is 1. The molecule has 0 saturated heterocycles. The van der Waals surface area contributed by atoms with Crippen LogP contribution < -0.4 is 5.73 Å². The average molecular weight is 384 g/mol. The molecule has 0 unspecified atom stereocenters. The molecule has 0 bridgehead atoms. The molecule has 2 aromatic carbocycles. The third-order valence-electron chi connectivity index (χ3n) is 4.18. The van der Waals surface area contributed by atoms with Crippen molar-refractivity contribution in [2.45, 2.75) is 6.92 Å². The SMILES string of the molecule is Cc1cc(-c2c(-c3ccc(Cl)cc3)[nH]c(-c3ccc(Cl)cc3)c2N)on1. The van der Waals surface area contributed by atoms with Gasteiger partial charge in [-0.3, -0.25) is 0 Å². The van der Waals surface area contributed by atoms with E-state index in [4.69, 9.17) is 33.5 Å². The number of aryl methyl sites for hydroxylation is 1. The number of nitrogens with two attached hydrogens (primary N) is 1. The number of halogens is 2. The molecule has 0 aliphatic carbocycles. The van der Waals surface area contributed by atoms with E-state index in [-0.39, 0.29) is 0 Å². The fourth-order valence-electron chi connectivity index (χ4n) is 2.93. The molecule has 26 heavy (non-hydrogen) atoms. The summed E-state index contributed by atoms with van der Waals surface area (Å²) < 4.78 is 5.49. The van der Waals surface area contributed by atoms with Gasteiger partial charge < -0.3 is 15.2 Å². The first-order chi connectivity index (χ1) is 12.5. The smallest absolute Gasteiger partial charge is 0.171 e. The standard InChI is InChI=1S/C20H15Cl2N3O/c1-11-10-16(26-25-11)17-18(23)20(13-4-8-15(22)9-5-13)24-19(17)12-2-6-14(21)7-3-12/h2-10,24H,23H2,1H3. The Morgan fingerprint density at radius 1 is 0.885 bits per heavy atom. The molecule has 130 valence electrons. The first kappa shape index (κ1) is 16.8. The Morgan fingerprint density at radius 3 is 1.92 bits per heavy atom. The molecule has 0 aliphatic heterocycles. The monoisotopic (exact) mass is 383 g/mol. The summed E-state index contributed by atoms with van der Waals surface area (Å²) in [5, 5.41) is 5.33. The van der Waals surface area contributed by atoms with Gasteiger partial charge >= 0.3 is 0 Å². The number of aromatic amines is 1. The maximum atomic E-state index is 6.50. The molecule has 0 fully saturated rings. The molecule has 0 radical (unpaired) electrons. The summed E-state index contributed by atoms with van der Waals surface area (Å²) in [6.45, 7) is 1.87. The number of rotatable bonds is 3. The molecular weight excluding hydrogens is 369 g/mol. The normalized spacial score (nSPS) is 11.0. The molecule has 3 N–H and O–H groups in total. The van der Waals surface area contributed by atoms with Crippen molar-refractivity contribution in [2.75, 3.05) is 5.73 Å². The predicted octanol–water partition coefficient (Wildman–Crippen LogP) is 6.20. The van der Waals surface area contributed by atoms with Gasteiger partial charge in [-0.25, -0.2) is 0 Å². The lowest BCUT2D eigenvalue weighted by Crippen LogP contribution is -1.89. The minimum Gasteiger partial charge on any atom is -0.396 e. The van der Waals surface area contributed by atoms with Crippen LogP contribution in [0.3, 0.4) is 0 Å². The Labute approximate surface area is 160 Å². The van der Waals surface area contributed by atoms with E-state index in [2.05, 4.69) is 10.1 Å². The van der Waals surface area contributed by atoms with Crippen LogP contribution in [0.2, 0.25) is 10.0 Å². The summed E-state index contributed by atoms with van der Waals surface area (Å²) in [6, 6.07) is 16.9. The van der Waals surface area contributed by atoms with Crippen molar-refractivity contribution in [2.24, 2.45) is 0 Å². The highest BCUT2D eigenvalue weighted by Crippen LogP contribution is 2.42. The van der Waals surface area contributed by atoms with Crippen LogP contribution in [0, 0.1) is 6.92 Å². The van der Waals surface area contributed by atoms with E-state index in [0.717, 1.165) is 33.8 Å². The summed E-state index contributed by atoms with van der Waals surface area (Å²) in [7, 11) is 0. The Bertz CT molecular complexity index is 1060. The lowest BCUT2D eigenvalue weighted by molar-refractivity contribution is 0.427. The number of anilines is 1.